The third-order valence-electron chi connectivity index (χ3n) is 2.85. The van der Waals surface area contributed by atoms with Crippen LogP contribution in [-0.2, 0) is 0 Å². The first-order valence-electron chi connectivity index (χ1n) is 5.78. The first-order chi connectivity index (χ1) is 9.11. The highest BCUT2D eigenvalue weighted by molar-refractivity contribution is 6.31. The molecule has 1 N–H and O–H groups in total. The number of nitriles is 1. The number of para-hydroxylation sites is 1. The number of aryl methyl sites for hydroxylation is 1. The van der Waals surface area contributed by atoms with E-state index in [9.17, 15) is 9.65 Å². The fourth-order valence-electron chi connectivity index (χ4n) is 1.81. The van der Waals surface area contributed by atoms with Crippen LogP contribution >= 0.6 is 11.6 Å². The van der Waals surface area contributed by atoms with E-state index in [2.05, 4.69) is 11.4 Å². The molecular formula is C15H12ClFN2. The number of halogens is 2. The zero-order chi connectivity index (χ0) is 13.8. The molecule has 0 aliphatic carbocycles. The molecule has 0 amide bonds. The Labute approximate surface area is 116 Å². The Kier molecular flexibility index (Phi) is 4.03. The van der Waals surface area contributed by atoms with Gasteiger partial charge in [-0.3, -0.25) is 0 Å². The molecular weight excluding hydrogens is 263 g/mol. The monoisotopic (exact) mass is 274 g/mol. The minimum Gasteiger partial charge on any atom is -0.366 e. The number of hydrogen-bond donors (Lipinski definition) is 1. The Morgan fingerprint density at radius 3 is 2.63 bits per heavy atom. The maximum absolute atomic E-state index is 13.0. The highest BCUT2D eigenvalue weighted by atomic mass is 35.5. The molecule has 2 aromatic rings. The van der Waals surface area contributed by atoms with Crippen molar-refractivity contribution in [3.05, 3.63) is 64.4 Å². The minimum atomic E-state index is -0.616. The van der Waals surface area contributed by atoms with Crippen LogP contribution in [0.4, 0.5) is 10.1 Å². The molecule has 0 aliphatic rings. The van der Waals surface area contributed by atoms with Crippen LogP contribution < -0.4 is 5.32 Å². The molecule has 0 heterocycles. The van der Waals surface area contributed by atoms with Gasteiger partial charge in [0.1, 0.15) is 11.9 Å². The summed E-state index contributed by atoms with van der Waals surface area (Å²) in [4.78, 5) is 0. The zero-order valence-electron chi connectivity index (χ0n) is 10.3. The molecule has 4 heteroatoms. The summed E-state index contributed by atoms with van der Waals surface area (Å²) in [6.45, 7) is 1.95. The van der Waals surface area contributed by atoms with Gasteiger partial charge in [-0.15, -0.1) is 0 Å². The molecule has 0 radical (unpaired) electrons. The molecule has 0 aromatic heterocycles. The molecule has 0 spiro atoms. The summed E-state index contributed by atoms with van der Waals surface area (Å²) in [7, 11) is 0. The number of hydrogen-bond acceptors (Lipinski definition) is 2. The van der Waals surface area contributed by atoms with Gasteiger partial charge in [0.25, 0.3) is 0 Å². The Hall–Kier alpha value is -2.05. The molecule has 1 atom stereocenters. The highest BCUT2D eigenvalue weighted by Crippen LogP contribution is 2.27. The van der Waals surface area contributed by atoms with Crippen molar-refractivity contribution in [2.75, 3.05) is 5.32 Å². The van der Waals surface area contributed by atoms with Crippen LogP contribution in [0.15, 0.2) is 42.5 Å². The van der Waals surface area contributed by atoms with Gasteiger partial charge < -0.3 is 5.32 Å². The second-order valence-electron chi connectivity index (χ2n) is 4.19. The third kappa shape index (κ3) is 3.04. The average Bonchev–Trinajstić information content (AvgIpc) is 2.39. The summed E-state index contributed by atoms with van der Waals surface area (Å²) in [5.74, 6) is -0.415. The molecule has 2 nitrogen and oxygen atoms in total. The summed E-state index contributed by atoms with van der Waals surface area (Å²) in [5.41, 5.74) is 2.45. The van der Waals surface area contributed by atoms with E-state index in [4.69, 9.17) is 11.6 Å². The number of nitrogens with zero attached hydrogens (tertiary/aromatic N) is 1. The SMILES string of the molecule is Cc1ccccc1NC(C#N)c1ccc(F)cc1Cl. The van der Waals surface area contributed by atoms with Gasteiger partial charge in [-0.1, -0.05) is 35.9 Å². The molecule has 0 saturated heterocycles. The molecule has 1 unspecified atom stereocenters. The number of rotatable bonds is 3. The van der Waals surface area contributed by atoms with E-state index in [-0.39, 0.29) is 5.02 Å². The van der Waals surface area contributed by atoms with E-state index in [1.165, 1.54) is 18.2 Å². The maximum atomic E-state index is 13.0. The number of nitrogens with one attached hydrogen (secondary N) is 1. The van der Waals surface area contributed by atoms with Crippen molar-refractivity contribution in [1.29, 1.82) is 5.26 Å². The van der Waals surface area contributed by atoms with Crippen LogP contribution in [-0.4, -0.2) is 0 Å². The largest absolute Gasteiger partial charge is 0.366 e. The van der Waals surface area contributed by atoms with E-state index in [1.807, 2.05) is 31.2 Å². The van der Waals surface area contributed by atoms with Gasteiger partial charge in [-0.2, -0.15) is 5.26 Å². The van der Waals surface area contributed by atoms with E-state index < -0.39 is 11.9 Å². The number of benzene rings is 2. The quantitative estimate of drug-likeness (QED) is 0.897. The lowest BCUT2D eigenvalue weighted by atomic mass is 10.1. The van der Waals surface area contributed by atoms with E-state index in [0.717, 1.165) is 11.3 Å². The first-order valence-corrected chi connectivity index (χ1v) is 6.16. The Bertz CT molecular complexity index is 634. The molecule has 0 bridgehead atoms. The predicted octanol–water partition coefficient (Wildman–Crippen LogP) is 4.46. The standard InChI is InChI=1S/C15H12ClFN2/c1-10-4-2-3-5-14(10)19-15(9-18)12-7-6-11(17)8-13(12)16/h2-8,15,19H,1H3. The predicted molar refractivity (Wildman–Crippen MR) is 74.6 cm³/mol. The van der Waals surface area contributed by atoms with Crippen molar-refractivity contribution in [3.63, 3.8) is 0 Å². The second-order valence-corrected chi connectivity index (χ2v) is 4.59. The number of anilines is 1. The van der Waals surface area contributed by atoms with Gasteiger partial charge >= 0.3 is 0 Å². The third-order valence-corrected chi connectivity index (χ3v) is 3.17. The molecule has 96 valence electrons. The summed E-state index contributed by atoms with van der Waals surface area (Å²) in [6.07, 6.45) is 0. The Balaban J connectivity index is 2.31. The van der Waals surface area contributed by atoms with Gasteiger partial charge in [-0.05, 0) is 30.7 Å². The maximum Gasteiger partial charge on any atom is 0.141 e. The summed E-state index contributed by atoms with van der Waals surface area (Å²) in [6, 6.07) is 13.2. The summed E-state index contributed by atoms with van der Waals surface area (Å²) >= 11 is 5.98. The topological polar surface area (TPSA) is 35.8 Å². The van der Waals surface area contributed by atoms with Gasteiger partial charge in [0.2, 0.25) is 0 Å². The average molecular weight is 275 g/mol. The minimum absolute atomic E-state index is 0.243. The van der Waals surface area contributed by atoms with Crippen LogP contribution in [0.5, 0.6) is 0 Å². The van der Waals surface area contributed by atoms with Gasteiger partial charge in [-0.25, -0.2) is 4.39 Å². The lowest BCUT2D eigenvalue weighted by Crippen LogP contribution is -2.10. The molecule has 0 aliphatic heterocycles. The smallest absolute Gasteiger partial charge is 0.141 e. The first kappa shape index (κ1) is 13.4. The lowest BCUT2D eigenvalue weighted by Gasteiger charge is -2.16. The molecule has 2 aromatic carbocycles. The normalized spacial score (nSPS) is 11.7. The molecule has 2 rings (SSSR count). The Morgan fingerprint density at radius 1 is 1.26 bits per heavy atom. The van der Waals surface area contributed by atoms with Crippen LogP contribution in [0, 0.1) is 24.1 Å². The van der Waals surface area contributed by atoms with E-state index >= 15 is 0 Å². The van der Waals surface area contributed by atoms with Crippen molar-refractivity contribution in [1.82, 2.24) is 0 Å². The second kappa shape index (κ2) is 5.73. The van der Waals surface area contributed by atoms with Crippen molar-refractivity contribution in [3.8, 4) is 6.07 Å². The van der Waals surface area contributed by atoms with Crippen molar-refractivity contribution in [2.24, 2.45) is 0 Å². The van der Waals surface area contributed by atoms with Gasteiger partial charge in [0.05, 0.1) is 6.07 Å². The summed E-state index contributed by atoms with van der Waals surface area (Å²) < 4.78 is 13.0. The van der Waals surface area contributed by atoms with Crippen LogP contribution in [0.2, 0.25) is 5.02 Å². The van der Waals surface area contributed by atoms with Crippen molar-refractivity contribution < 1.29 is 4.39 Å². The zero-order valence-corrected chi connectivity index (χ0v) is 11.1. The molecule has 0 fully saturated rings. The molecule has 0 saturated carbocycles. The highest BCUT2D eigenvalue weighted by Gasteiger charge is 2.15. The summed E-state index contributed by atoms with van der Waals surface area (Å²) in [5, 5.41) is 12.6. The molecule has 19 heavy (non-hydrogen) atoms. The van der Waals surface area contributed by atoms with Gasteiger partial charge in [0, 0.05) is 16.3 Å². The van der Waals surface area contributed by atoms with Crippen LogP contribution in [0.1, 0.15) is 17.2 Å². The Morgan fingerprint density at radius 2 is 2.00 bits per heavy atom. The fraction of sp³-hybridized carbons (Fsp3) is 0.133. The van der Waals surface area contributed by atoms with Crippen LogP contribution in [0.3, 0.4) is 0 Å². The van der Waals surface area contributed by atoms with Crippen LogP contribution in [0.25, 0.3) is 0 Å². The van der Waals surface area contributed by atoms with Crippen molar-refractivity contribution >= 4 is 17.3 Å². The van der Waals surface area contributed by atoms with Crippen molar-refractivity contribution in [2.45, 2.75) is 13.0 Å². The van der Waals surface area contributed by atoms with Gasteiger partial charge in [0.15, 0.2) is 0 Å². The van der Waals surface area contributed by atoms with E-state index in [0.29, 0.717) is 5.56 Å². The van der Waals surface area contributed by atoms with E-state index in [1.54, 1.807) is 0 Å². The lowest BCUT2D eigenvalue weighted by molar-refractivity contribution is 0.627. The fourth-order valence-corrected chi connectivity index (χ4v) is 2.08.